The van der Waals surface area contributed by atoms with Crippen molar-refractivity contribution in [2.75, 3.05) is 13.2 Å². The number of rotatable bonds is 1. The molecule has 0 bridgehead atoms. The summed E-state index contributed by atoms with van der Waals surface area (Å²) in [5.74, 6) is 0.670. The predicted molar refractivity (Wildman–Crippen MR) is 127 cm³/mol. The summed E-state index contributed by atoms with van der Waals surface area (Å²) in [6.07, 6.45) is -0.391. The number of hydrogen-bond donors (Lipinski definition) is 0. The molecule has 0 N–H and O–H groups in total. The van der Waals surface area contributed by atoms with Gasteiger partial charge in [-0.3, -0.25) is 0 Å². The molecule has 0 unspecified atom stereocenters. The Morgan fingerprint density at radius 2 is 1.97 bits per heavy atom. The van der Waals surface area contributed by atoms with E-state index in [9.17, 15) is 4.79 Å². The average Bonchev–Trinajstić information content (AvgIpc) is 3.25. The van der Waals surface area contributed by atoms with Crippen LogP contribution in [0.2, 0.25) is 0 Å². The summed E-state index contributed by atoms with van der Waals surface area (Å²) < 4.78 is 14.5. The lowest BCUT2D eigenvalue weighted by atomic mass is 9.81. The lowest BCUT2D eigenvalue weighted by Gasteiger charge is -2.21. The minimum Gasteiger partial charge on any atom is -0.492 e. The van der Waals surface area contributed by atoms with Crippen LogP contribution in [0.25, 0.3) is 10.9 Å². The van der Waals surface area contributed by atoms with Crippen LogP contribution >= 0.6 is 15.9 Å². The Morgan fingerprint density at radius 3 is 2.75 bits per heavy atom. The van der Waals surface area contributed by atoms with Gasteiger partial charge in [-0.1, -0.05) is 39.3 Å². The lowest BCUT2D eigenvalue weighted by Crippen LogP contribution is -2.28. The molecule has 2 aliphatic heterocycles. The van der Waals surface area contributed by atoms with Crippen LogP contribution < -0.4 is 4.74 Å². The van der Waals surface area contributed by atoms with Crippen molar-refractivity contribution >= 4 is 38.6 Å². The summed E-state index contributed by atoms with van der Waals surface area (Å²) in [6, 6.07) is 14.0. The summed E-state index contributed by atoms with van der Waals surface area (Å²) in [5, 5.41) is 5.45. The molecular formula is C25H25BrN2O4. The van der Waals surface area contributed by atoms with Gasteiger partial charge in [-0.05, 0) is 57.5 Å². The van der Waals surface area contributed by atoms with Crippen LogP contribution in [-0.4, -0.2) is 35.2 Å². The van der Waals surface area contributed by atoms with Gasteiger partial charge in [0.2, 0.25) is 0 Å². The molecule has 32 heavy (non-hydrogen) atoms. The zero-order valence-corrected chi connectivity index (χ0v) is 20.1. The lowest BCUT2D eigenvalue weighted by molar-refractivity contribution is 0.0541. The molecule has 2 aromatic carbocycles. The highest BCUT2D eigenvalue weighted by Crippen LogP contribution is 2.45. The van der Waals surface area contributed by atoms with Gasteiger partial charge in [0.05, 0.1) is 29.7 Å². The summed E-state index contributed by atoms with van der Waals surface area (Å²) in [7, 11) is 0. The second kappa shape index (κ2) is 7.66. The molecule has 0 saturated carbocycles. The zero-order chi connectivity index (χ0) is 22.6. The highest BCUT2D eigenvalue weighted by atomic mass is 79.9. The number of hydrogen-bond acceptors (Lipinski definition) is 5. The number of oxime groups is 1. The number of para-hydroxylation sites is 1. The molecule has 5 rings (SSSR count). The summed E-state index contributed by atoms with van der Waals surface area (Å²) in [6.45, 7) is 8.59. The van der Waals surface area contributed by atoms with Crippen molar-refractivity contribution in [2.24, 2.45) is 11.1 Å². The topological polar surface area (TPSA) is 62.0 Å². The molecule has 166 valence electrons. The molecule has 0 amide bonds. The third-order valence-electron chi connectivity index (χ3n) is 5.91. The number of carbonyl (C=O) groups is 1. The number of benzene rings is 2. The maximum Gasteiger partial charge on any atom is 0.419 e. The van der Waals surface area contributed by atoms with Gasteiger partial charge < -0.3 is 14.3 Å². The molecule has 0 radical (unpaired) electrons. The largest absolute Gasteiger partial charge is 0.492 e. The van der Waals surface area contributed by atoms with Crippen molar-refractivity contribution in [3.05, 3.63) is 63.8 Å². The maximum absolute atomic E-state index is 13.2. The molecule has 2 atom stereocenters. The van der Waals surface area contributed by atoms with Gasteiger partial charge in [0, 0.05) is 21.1 Å². The van der Waals surface area contributed by atoms with Gasteiger partial charge in [-0.25, -0.2) is 9.36 Å². The third-order valence-corrected chi connectivity index (χ3v) is 6.40. The van der Waals surface area contributed by atoms with Crippen LogP contribution in [0.3, 0.4) is 0 Å². The molecule has 2 aliphatic rings. The van der Waals surface area contributed by atoms with Crippen LogP contribution in [0.1, 0.15) is 43.5 Å². The Morgan fingerprint density at radius 1 is 1.19 bits per heavy atom. The fourth-order valence-electron chi connectivity index (χ4n) is 4.61. The molecule has 0 fully saturated rings. The number of aromatic nitrogens is 1. The Balaban J connectivity index is 1.78. The number of halogens is 1. The summed E-state index contributed by atoms with van der Waals surface area (Å²) >= 11 is 3.61. The van der Waals surface area contributed by atoms with Crippen LogP contribution in [0.4, 0.5) is 4.79 Å². The van der Waals surface area contributed by atoms with Crippen molar-refractivity contribution in [3.8, 4) is 5.75 Å². The highest BCUT2D eigenvalue weighted by Gasteiger charge is 2.40. The quantitative estimate of drug-likeness (QED) is 0.413. The van der Waals surface area contributed by atoms with E-state index in [0.29, 0.717) is 13.2 Å². The van der Waals surface area contributed by atoms with E-state index in [0.717, 1.165) is 43.7 Å². The summed E-state index contributed by atoms with van der Waals surface area (Å²) in [5.41, 5.74) is 3.99. The number of carbonyl (C=O) groups excluding carboxylic acids is 1. The van der Waals surface area contributed by atoms with Crippen LogP contribution in [-0.2, 0) is 9.57 Å². The van der Waals surface area contributed by atoms with Crippen LogP contribution in [0, 0.1) is 12.8 Å². The average molecular weight is 497 g/mol. The zero-order valence-electron chi connectivity index (χ0n) is 18.5. The maximum atomic E-state index is 13.2. The third kappa shape index (κ3) is 3.48. The first-order valence-corrected chi connectivity index (χ1v) is 11.5. The van der Waals surface area contributed by atoms with E-state index >= 15 is 0 Å². The van der Waals surface area contributed by atoms with Gasteiger partial charge in [0.25, 0.3) is 0 Å². The Hall–Kier alpha value is -2.80. The molecule has 3 aromatic rings. The van der Waals surface area contributed by atoms with Crippen molar-refractivity contribution in [1.82, 2.24) is 4.57 Å². The molecule has 3 heterocycles. The van der Waals surface area contributed by atoms with Gasteiger partial charge in [-0.15, -0.1) is 0 Å². The van der Waals surface area contributed by atoms with Gasteiger partial charge >= 0.3 is 6.09 Å². The van der Waals surface area contributed by atoms with Gasteiger partial charge in [0.1, 0.15) is 18.0 Å². The van der Waals surface area contributed by atoms with Gasteiger partial charge in [-0.2, -0.15) is 0 Å². The molecule has 6 nitrogen and oxygen atoms in total. The van der Waals surface area contributed by atoms with Crippen LogP contribution in [0.5, 0.6) is 5.75 Å². The Labute approximate surface area is 195 Å². The number of nitrogens with zero attached hydrogens (tertiary/aromatic N) is 2. The molecule has 7 heteroatoms. The molecule has 1 aromatic heterocycles. The highest BCUT2D eigenvalue weighted by molar-refractivity contribution is 9.10. The van der Waals surface area contributed by atoms with E-state index in [2.05, 4.69) is 27.2 Å². The predicted octanol–water partition coefficient (Wildman–Crippen LogP) is 6.02. The van der Waals surface area contributed by atoms with Crippen molar-refractivity contribution in [3.63, 3.8) is 0 Å². The number of fused-ring (bicyclic) bond motifs is 3. The van der Waals surface area contributed by atoms with Crippen LogP contribution in [0.15, 0.2) is 52.1 Å². The van der Waals surface area contributed by atoms with Crippen molar-refractivity contribution < 1.29 is 19.1 Å². The summed E-state index contributed by atoms with van der Waals surface area (Å²) in [4.78, 5) is 18.8. The first-order valence-electron chi connectivity index (χ1n) is 10.7. The van der Waals surface area contributed by atoms with E-state index in [1.165, 1.54) is 0 Å². The molecular weight excluding hydrogens is 472 g/mol. The van der Waals surface area contributed by atoms with E-state index in [1.807, 2.05) is 64.1 Å². The fraction of sp³-hybridized carbons (Fsp3) is 0.360. The van der Waals surface area contributed by atoms with E-state index < -0.39 is 11.7 Å². The molecule has 0 spiro atoms. The monoisotopic (exact) mass is 496 g/mol. The van der Waals surface area contributed by atoms with Crippen molar-refractivity contribution in [2.45, 2.75) is 39.2 Å². The second-order valence-electron chi connectivity index (χ2n) is 9.27. The first-order chi connectivity index (χ1) is 15.2. The standard InChI is InChI=1S/C25H25BrN2O4/c1-14-21(17-7-5-6-8-19(17)28(14)24(29)32-25(2,3)4)22-18-11-16(26)9-10-20(18)30-12-15-13-31-27-23(15)22/h5-11,15,22H,12-13H2,1-4H3/t15-,22-/m0/s1. The van der Waals surface area contributed by atoms with E-state index in [-0.39, 0.29) is 11.8 Å². The minimum absolute atomic E-state index is 0.0502. The van der Waals surface area contributed by atoms with Gasteiger partial charge in [0.15, 0.2) is 0 Å². The first kappa shape index (κ1) is 21.1. The van der Waals surface area contributed by atoms with Crippen molar-refractivity contribution in [1.29, 1.82) is 0 Å². The normalized spacial score (nSPS) is 20.0. The molecule has 0 saturated heterocycles. The van der Waals surface area contributed by atoms with E-state index in [1.54, 1.807) is 4.57 Å². The van der Waals surface area contributed by atoms with E-state index in [4.69, 9.17) is 14.3 Å². The SMILES string of the molecule is Cc1c([C@H]2C3=NOC[C@@H]3COc3ccc(Br)cc32)c2ccccc2n1C(=O)OC(C)(C)C. The number of ether oxygens (including phenoxy) is 2. The fourth-order valence-corrected chi connectivity index (χ4v) is 4.99. The Bertz CT molecular complexity index is 1250. The smallest absolute Gasteiger partial charge is 0.419 e. The minimum atomic E-state index is -0.600. The molecule has 0 aliphatic carbocycles. The second-order valence-corrected chi connectivity index (χ2v) is 10.2. The Kier molecular flexibility index (Phi) is 5.04.